The molecule has 1 saturated heterocycles. The van der Waals surface area contributed by atoms with Gasteiger partial charge in [0, 0.05) is 62.5 Å². The van der Waals surface area contributed by atoms with Crippen LogP contribution in [0, 0.1) is 19.8 Å². The van der Waals surface area contributed by atoms with Gasteiger partial charge in [-0.1, -0.05) is 87.2 Å². The molecule has 0 saturated carbocycles. The van der Waals surface area contributed by atoms with Gasteiger partial charge in [0.25, 0.3) is 29.5 Å². The molecule has 2 aliphatic rings. The normalized spacial score (nSPS) is 18.3. The van der Waals surface area contributed by atoms with E-state index in [9.17, 15) is 38.4 Å². The molecule has 1 fully saturated rings. The van der Waals surface area contributed by atoms with Gasteiger partial charge >= 0.3 is 0 Å². The van der Waals surface area contributed by atoms with E-state index in [1.807, 2.05) is 80.7 Å². The number of nitrogens with two attached hydrogens (primary N) is 1. The van der Waals surface area contributed by atoms with Crippen molar-refractivity contribution in [2.75, 3.05) is 6.61 Å². The van der Waals surface area contributed by atoms with E-state index in [0.29, 0.717) is 64.9 Å². The number of aryl methyl sites for hydroxylation is 2. The highest BCUT2D eigenvalue weighted by atomic mass is 32.1. The number of primary amides is 1. The second kappa shape index (κ2) is 27.1. The smallest absolute Gasteiger partial charge is 0.275 e. The zero-order valence-electron chi connectivity index (χ0n) is 49.1. The van der Waals surface area contributed by atoms with Crippen LogP contribution in [0.4, 0.5) is 0 Å². The van der Waals surface area contributed by atoms with E-state index in [-0.39, 0.29) is 64.0 Å². The van der Waals surface area contributed by atoms with Crippen molar-refractivity contribution in [3.05, 3.63) is 178 Å². The molecule has 464 valence electrons. The third-order valence-corrected chi connectivity index (χ3v) is 20.5. The third-order valence-electron chi connectivity index (χ3n) is 14.9. The molecule has 8 N–H and O–H groups in total. The molecule has 29 heteroatoms. The summed E-state index contributed by atoms with van der Waals surface area (Å²) in [7, 11) is 0. The molecule has 0 radical (unpaired) electrons. The number of fused-ring (bicyclic) bond motifs is 14. The first-order valence-electron chi connectivity index (χ1n) is 28.2. The van der Waals surface area contributed by atoms with Gasteiger partial charge in [-0.3, -0.25) is 38.4 Å². The number of allylic oxidation sites excluding steroid dienone is 1. The number of hydrogen-bond acceptors (Lipinski definition) is 22. The first kappa shape index (κ1) is 63.3. The van der Waals surface area contributed by atoms with Crippen molar-refractivity contribution in [1.82, 2.24) is 66.8 Å². The van der Waals surface area contributed by atoms with Crippen molar-refractivity contribution in [2.24, 2.45) is 11.7 Å². The summed E-state index contributed by atoms with van der Waals surface area (Å²) in [6.45, 7) is 16.4. The molecule has 9 heterocycles. The highest BCUT2D eigenvalue weighted by Crippen LogP contribution is 2.41. The lowest BCUT2D eigenvalue weighted by molar-refractivity contribution is -0.124. The number of ketones is 1. The molecular weight excluding hydrogens is 1280 g/mol. The minimum absolute atomic E-state index is 0.0201. The quantitative estimate of drug-likeness (QED) is 0.0395. The van der Waals surface area contributed by atoms with Crippen LogP contribution in [-0.2, 0) is 30.3 Å². The number of carbonyl (C=O) groups is 8. The van der Waals surface area contributed by atoms with E-state index >= 15 is 0 Å². The number of ether oxygens (including phenoxy) is 1. The number of nitrogens with one attached hydrogen (secondary N) is 6. The molecule has 23 nitrogen and oxygen atoms in total. The fourth-order valence-electron chi connectivity index (χ4n) is 9.68. The van der Waals surface area contributed by atoms with E-state index in [1.54, 1.807) is 35.2 Å². The molecule has 0 aliphatic carbocycles. The van der Waals surface area contributed by atoms with Gasteiger partial charge in [0.1, 0.15) is 75.9 Å². The standard InChI is InChI=1S/C62H56N14O9S6/c1-27-13-15-34(16-14-27)19-38-52(80)74-48(29(3)45-21-85-45)62-73-44(26-90-62)59-69-40(22-87-59)50-36(17-18-37(66-50)58-71-41(24-88-58)53(81)65-31(5)51(79)64-30(4)32(6)77)57-70-42(23-86-57)55(83)68-39(20-46(63)78)60-76-49(33(7)91-60)56(84)75-47(28(2)35-11-9-8-10-12-35)61-72-43(25-89-61)54(82)67-38/h8-18,22-26,28-29,38-39,45,47-48H,4-5,19-21H2,1-3,6-7H3,(H2,63,78)(H,64,79)(H,65,81)(H,67,82)(H,68,83)(H,74,80)(H,75,84). The second-order valence-electron chi connectivity index (χ2n) is 21.5. The Kier molecular flexibility index (Phi) is 18.8. The van der Waals surface area contributed by atoms with Crippen molar-refractivity contribution in [3.63, 3.8) is 0 Å². The van der Waals surface area contributed by atoms with Gasteiger partial charge in [0.2, 0.25) is 11.8 Å². The number of pyridine rings is 1. The predicted molar refractivity (Wildman–Crippen MR) is 347 cm³/mol. The van der Waals surface area contributed by atoms with Crippen LogP contribution in [0.3, 0.4) is 0 Å². The monoisotopic (exact) mass is 1330 g/mol. The average molecular weight is 1330 g/mol. The molecule has 2 aliphatic heterocycles. The van der Waals surface area contributed by atoms with E-state index in [4.69, 9.17) is 40.4 Å². The summed E-state index contributed by atoms with van der Waals surface area (Å²) >= 11 is 7.12. The van der Waals surface area contributed by atoms with Crippen LogP contribution in [0.2, 0.25) is 0 Å². The summed E-state index contributed by atoms with van der Waals surface area (Å²) in [5, 5.41) is 27.5. The molecule has 91 heavy (non-hydrogen) atoms. The Morgan fingerprint density at radius 1 is 0.626 bits per heavy atom. The number of thiazole rings is 6. The Balaban J connectivity index is 0.984. The molecular formula is C62H56N14O9S6. The number of rotatable bonds is 14. The first-order valence-corrected chi connectivity index (χ1v) is 33.4. The number of nitrogens with zero attached hydrogens (tertiary/aromatic N) is 7. The van der Waals surface area contributed by atoms with Gasteiger partial charge in [0.15, 0.2) is 5.78 Å². The summed E-state index contributed by atoms with van der Waals surface area (Å²) < 4.78 is 5.80. The Morgan fingerprint density at radius 3 is 1.97 bits per heavy atom. The fourth-order valence-corrected chi connectivity index (χ4v) is 15.0. The maximum absolute atomic E-state index is 15.0. The predicted octanol–water partition coefficient (Wildman–Crippen LogP) is 8.74. The lowest BCUT2D eigenvalue weighted by atomic mass is 9.93. The highest BCUT2D eigenvalue weighted by molar-refractivity contribution is 7.15. The van der Waals surface area contributed by atoms with E-state index in [0.717, 1.165) is 50.7 Å². The molecule has 11 rings (SSSR count). The van der Waals surface area contributed by atoms with Crippen molar-refractivity contribution in [3.8, 4) is 43.4 Å². The molecule has 7 aromatic heterocycles. The first-order chi connectivity index (χ1) is 43.6. The van der Waals surface area contributed by atoms with Gasteiger partial charge in [0.05, 0.1) is 54.3 Å². The number of amides is 7. The fraction of sp³-hybridized carbons (Fsp3) is 0.242. The molecule has 0 spiro atoms. The van der Waals surface area contributed by atoms with Crippen molar-refractivity contribution < 1.29 is 43.1 Å². The number of hydrogen-bond donors (Lipinski definition) is 7. The maximum atomic E-state index is 15.0. The van der Waals surface area contributed by atoms with Crippen LogP contribution in [0.15, 0.2) is 118 Å². The largest absolute Gasteiger partial charge is 0.373 e. The van der Waals surface area contributed by atoms with E-state index in [2.05, 4.69) is 50.0 Å². The van der Waals surface area contributed by atoms with Crippen LogP contribution in [-0.4, -0.2) is 101 Å². The van der Waals surface area contributed by atoms with Crippen molar-refractivity contribution in [2.45, 2.75) is 83.6 Å². The van der Waals surface area contributed by atoms with Crippen molar-refractivity contribution in [1.29, 1.82) is 0 Å². The molecule has 7 amide bonds. The summed E-state index contributed by atoms with van der Waals surface area (Å²) in [6, 6.07) is 16.9. The summed E-state index contributed by atoms with van der Waals surface area (Å²) in [5.41, 5.74) is 9.88. The van der Waals surface area contributed by atoms with E-state index in [1.165, 1.54) is 46.3 Å². The van der Waals surface area contributed by atoms with Gasteiger partial charge in [-0.25, -0.2) is 34.9 Å². The SMILES string of the molecule is C=C(NC(=O)C(=C)NC(=O)c1csc(-c2ccc3c(n2)-c2csc(n2)-c2csc(n2)C(C(C)C2CO2)NC(=O)C(Cc2ccc(C)cc2)NC(=O)c2csc(n2)C(C(C)c2ccccc2)NC(=O)c2nc(sc2C)C(CC(N)=O)NC(=O)c2csc-3n2)n1)C(C)=O. The van der Waals surface area contributed by atoms with Crippen LogP contribution < -0.4 is 37.6 Å². The number of Topliss-reactive ketones (excluding diaryl/α,β-unsaturated/α-hetero) is 1. The van der Waals surface area contributed by atoms with Gasteiger partial charge < -0.3 is 42.4 Å². The zero-order valence-corrected chi connectivity index (χ0v) is 54.0. The summed E-state index contributed by atoms with van der Waals surface area (Å²) in [6.07, 6.45) is -0.437. The lowest BCUT2D eigenvalue weighted by Crippen LogP contribution is -2.50. The van der Waals surface area contributed by atoms with Crippen LogP contribution in [0.25, 0.3) is 43.4 Å². The Labute approximate surface area is 544 Å². The topological polar surface area (TPSA) is 338 Å². The van der Waals surface area contributed by atoms with Crippen LogP contribution in [0.5, 0.6) is 0 Å². The number of carbonyl (C=O) groups excluding carboxylic acids is 8. The number of aromatic nitrogens is 7. The summed E-state index contributed by atoms with van der Waals surface area (Å²) in [4.78, 5) is 143. The van der Waals surface area contributed by atoms with Crippen LogP contribution in [0.1, 0.15) is 130 Å². The Bertz CT molecular complexity index is 4350. The molecule has 7 atom stereocenters. The second-order valence-corrected chi connectivity index (χ2v) is 27.1. The van der Waals surface area contributed by atoms with Gasteiger partial charge in [-0.05, 0) is 37.1 Å². The molecule has 9 aromatic rings. The number of epoxide rings is 1. The van der Waals surface area contributed by atoms with Crippen molar-refractivity contribution >= 4 is 115 Å². The third kappa shape index (κ3) is 14.5. The van der Waals surface area contributed by atoms with E-state index < -0.39 is 77.2 Å². The van der Waals surface area contributed by atoms with Gasteiger partial charge in [-0.2, -0.15) is 0 Å². The molecule has 7 unspecified atom stereocenters. The Morgan fingerprint density at radius 2 is 1.25 bits per heavy atom. The average Bonchev–Trinajstić information content (AvgIpc) is 1.74. The maximum Gasteiger partial charge on any atom is 0.275 e. The van der Waals surface area contributed by atoms with Crippen LogP contribution >= 0.6 is 68.0 Å². The van der Waals surface area contributed by atoms with Gasteiger partial charge in [-0.15, -0.1) is 68.0 Å². The zero-order chi connectivity index (χ0) is 64.4. The lowest BCUT2D eigenvalue weighted by Gasteiger charge is -2.26. The molecule has 10 bridgehead atoms. The Hall–Kier alpha value is -9.23. The highest BCUT2D eigenvalue weighted by Gasteiger charge is 2.40. The molecule has 2 aromatic carbocycles. The minimum Gasteiger partial charge on any atom is -0.373 e. The summed E-state index contributed by atoms with van der Waals surface area (Å²) in [5.74, 6) is -5.83. The number of benzene rings is 2. The minimum atomic E-state index is -1.10.